The van der Waals surface area contributed by atoms with Crippen LogP contribution in [-0.4, -0.2) is 27.0 Å². The summed E-state index contributed by atoms with van der Waals surface area (Å²) in [6.45, 7) is 14.1. The lowest BCUT2D eigenvalue weighted by Crippen LogP contribution is -2.36. The second-order valence-electron chi connectivity index (χ2n) is 6.38. The first kappa shape index (κ1) is 15.8. The normalized spacial score (nSPS) is 11.9. The molecule has 1 aromatic heterocycles. The van der Waals surface area contributed by atoms with E-state index in [-0.39, 0.29) is 0 Å². The molecule has 2 aromatic rings. The van der Waals surface area contributed by atoms with Crippen molar-refractivity contribution >= 4 is 0 Å². The van der Waals surface area contributed by atoms with Gasteiger partial charge in [0.15, 0.2) is 0 Å². The van der Waals surface area contributed by atoms with Crippen LogP contribution in [0.4, 0.5) is 0 Å². The first-order valence-electron chi connectivity index (χ1n) is 7.76. The Bertz CT molecular complexity index is 571. The predicted molar refractivity (Wildman–Crippen MR) is 89.3 cm³/mol. The predicted octanol–water partition coefficient (Wildman–Crippen LogP) is 4.31. The minimum Gasteiger partial charge on any atom is -0.342 e. The van der Waals surface area contributed by atoms with Gasteiger partial charge < -0.3 is 4.98 Å². The highest BCUT2D eigenvalue weighted by atomic mass is 15.2. The van der Waals surface area contributed by atoms with Crippen molar-refractivity contribution in [2.45, 2.75) is 60.2 Å². The van der Waals surface area contributed by atoms with E-state index in [4.69, 9.17) is 4.98 Å². The Labute approximate surface area is 128 Å². The number of aromatic amines is 1. The average molecular weight is 285 g/mol. The summed E-state index contributed by atoms with van der Waals surface area (Å²) in [6, 6.07) is 9.54. The van der Waals surface area contributed by atoms with Gasteiger partial charge in [0.25, 0.3) is 0 Å². The van der Waals surface area contributed by atoms with E-state index in [1.807, 2.05) is 0 Å². The molecule has 114 valence electrons. The fourth-order valence-corrected chi connectivity index (χ4v) is 2.63. The van der Waals surface area contributed by atoms with E-state index in [1.165, 1.54) is 5.56 Å². The minimum atomic E-state index is 0.518. The third kappa shape index (κ3) is 3.73. The molecule has 0 aliphatic rings. The number of rotatable bonds is 5. The van der Waals surface area contributed by atoms with Gasteiger partial charge in [-0.3, -0.25) is 4.90 Å². The monoisotopic (exact) mass is 285 g/mol. The highest BCUT2D eigenvalue weighted by Gasteiger charge is 2.17. The topological polar surface area (TPSA) is 31.9 Å². The van der Waals surface area contributed by atoms with E-state index in [9.17, 15) is 0 Å². The van der Waals surface area contributed by atoms with Gasteiger partial charge in [0, 0.05) is 29.9 Å². The zero-order valence-corrected chi connectivity index (χ0v) is 14.1. The third-order valence-corrected chi connectivity index (χ3v) is 3.97. The van der Waals surface area contributed by atoms with Crippen molar-refractivity contribution in [1.29, 1.82) is 0 Å². The van der Waals surface area contributed by atoms with Crippen LogP contribution in [0.3, 0.4) is 0 Å². The molecule has 0 radical (unpaired) electrons. The number of imidazole rings is 1. The summed E-state index contributed by atoms with van der Waals surface area (Å²) in [5.74, 6) is 0.968. The van der Waals surface area contributed by atoms with Crippen LogP contribution < -0.4 is 0 Å². The van der Waals surface area contributed by atoms with E-state index >= 15 is 0 Å². The van der Waals surface area contributed by atoms with E-state index < -0.39 is 0 Å². The van der Waals surface area contributed by atoms with Crippen LogP contribution in [0.2, 0.25) is 0 Å². The van der Waals surface area contributed by atoms with Crippen LogP contribution >= 0.6 is 0 Å². The highest BCUT2D eigenvalue weighted by Crippen LogP contribution is 2.20. The molecule has 0 amide bonds. The van der Waals surface area contributed by atoms with E-state index in [2.05, 4.69) is 75.7 Å². The van der Waals surface area contributed by atoms with E-state index in [1.54, 1.807) is 0 Å². The van der Waals surface area contributed by atoms with Crippen LogP contribution in [0, 0.1) is 13.8 Å². The summed E-state index contributed by atoms with van der Waals surface area (Å²) in [5, 5.41) is 0. The average Bonchev–Trinajstić information content (AvgIpc) is 2.77. The van der Waals surface area contributed by atoms with Crippen molar-refractivity contribution < 1.29 is 0 Å². The molecule has 1 heterocycles. The third-order valence-electron chi connectivity index (χ3n) is 3.97. The molecule has 0 aliphatic carbocycles. The Morgan fingerprint density at radius 3 is 2.10 bits per heavy atom. The van der Waals surface area contributed by atoms with Crippen LogP contribution in [0.25, 0.3) is 11.4 Å². The second-order valence-corrected chi connectivity index (χ2v) is 6.38. The number of aromatic nitrogens is 2. The number of benzene rings is 1. The Kier molecular flexibility index (Phi) is 4.84. The quantitative estimate of drug-likeness (QED) is 0.887. The van der Waals surface area contributed by atoms with Crippen molar-refractivity contribution in [2.75, 3.05) is 0 Å². The lowest BCUT2D eigenvalue weighted by Gasteiger charge is -2.29. The smallest absolute Gasteiger partial charge is 0.137 e. The molecule has 0 saturated heterocycles. The van der Waals surface area contributed by atoms with Gasteiger partial charge in [0.05, 0.1) is 5.69 Å². The maximum atomic E-state index is 4.82. The van der Waals surface area contributed by atoms with Crippen LogP contribution in [0.15, 0.2) is 24.3 Å². The summed E-state index contributed by atoms with van der Waals surface area (Å²) in [4.78, 5) is 10.7. The first-order valence-corrected chi connectivity index (χ1v) is 7.76. The number of aryl methyl sites for hydroxylation is 2. The molecule has 0 bridgehead atoms. The molecule has 1 N–H and O–H groups in total. The van der Waals surface area contributed by atoms with Crippen molar-refractivity contribution in [1.82, 2.24) is 14.9 Å². The first-order chi connectivity index (χ1) is 9.88. The molecule has 3 heteroatoms. The molecule has 2 rings (SSSR count). The van der Waals surface area contributed by atoms with Gasteiger partial charge in [0.2, 0.25) is 0 Å². The number of hydrogen-bond donors (Lipinski definition) is 1. The van der Waals surface area contributed by atoms with Gasteiger partial charge >= 0.3 is 0 Å². The molecule has 0 atom stereocenters. The van der Waals surface area contributed by atoms with Gasteiger partial charge in [-0.2, -0.15) is 0 Å². The standard InChI is InChI=1S/C18H27N3/c1-12(2)21(13(3)4)11-17-15(6)19-18(20-17)16-9-7-14(5)8-10-16/h7-10,12-13H,11H2,1-6H3,(H,19,20). The molecule has 0 saturated carbocycles. The van der Waals surface area contributed by atoms with Crippen molar-refractivity contribution in [3.05, 3.63) is 41.2 Å². The van der Waals surface area contributed by atoms with Crippen molar-refractivity contribution in [3.8, 4) is 11.4 Å². The molecule has 0 fully saturated rings. The van der Waals surface area contributed by atoms with E-state index in [0.717, 1.165) is 29.3 Å². The molecule has 0 spiro atoms. The lowest BCUT2D eigenvalue weighted by atomic mass is 10.1. The summed E-state index contributed by atoms with van der Waals surface area (Å²) in [6.07, 6.45) is 0. The molecule has 1 aromatic carbocycles. The highest BCUT2D eigenvalue weighted by molar-refractivity contribution is 5.56. The molecule has 0 aliphatic heterocycles. The molecule has 21 heavy (non-hydrogen) atoms. The van der Waals surface area contributed by atoms with Crippen molar-refractivity contribution in [3.63, 3.8) is 0 Å². The molecule has 3 nitrogen and oxygen atoms in total. The van der Waals surface area contributed by atoms with Crippen LogP contribution in [0.5, 0.6) is 0 Å². The largest absolute Gasteiger partial charge is 0.342 e. The second kappa shape index (κ2) is 6.44. The molecule has 0 unspecified atom stereocenters. The fraction of sp³-hybridized carbons (Fsp3) is 0.500. The Hall–Kier alpha value is -1.61. The Balaban J connectivity index is 2.25. The van der Waals surface area contributed by atoms with E-state index in [0.29, 0.717) is 12.1 Å². The maximum absolute atomic E-state index is 4.82. The van der Waals surface area contributed by atoms with Crippen molar-refractivity contribution in [2.24, 2.45) is 0 Å². The summed E-state index contributed by atoms with van der Waals surface area (Å²) in [7, 11) is 0. The molecular weight excluding hydrogens is 258 g/mol. The van der Waals surface area contributed by atoms with Crippen LogP contribution in [0.1, 0.15) is 44.6 Å². The maximum Gasteiger partial charge on any atom is 0.137 e. The Morgan fingerprint density at radius 1 is 1.00 bits per heavy atom. The summed E-state index contributed by atoms with van der Waals surface area (Å²) < 4.78 is 0. The SMILES string of the molecule is Cc1ccc(-c2nc(CN(C(C)C)C(C)C)c(C)[nH]2)cc1. The summed E-state index contributed by atoms with van der Waals surface area (Å²) in [5.41, 5.74) is 4.73. The molecular formula is C18H27N3. The van der Waals surface area contributed by atoms with Crippen LogP contribution in [-0.2, 0) is 6.54 Å². The zero-order chi connectivity index (χ0) is 15.6. The van der Waals surface area contributed by atoms with Gasteiger partial charge in [-0.05, 0) is 41.5 Å². The lowest BCUT2D eigenvalue weighted by molar-refractivity contribution is 0.164. The van der Waals surface area contributed by atoms with Gasteiger partial charge in [-0.15, -0.1) is 0 Å². The van der Waals surface area contributed by atoms with Gasteiger partial charge in [-0.25, -0.2) is 4.98 Å². The number of nitrogens with one attached hydrogen (secondary N) is 1. The number of nitrogens with zero attached hydrogens (tertiary/aromatic N) is 2. The number of H-pyrrole nitrogens is 1. The minimum absolute atomic E-state index is 0.518. The fourth-order valence-electron chi connectivity index (χ4n) is 2.63. The van der Waals surface area contributed by atoms with Gasteiger partial charge in [0.1, 0.15) is 5.82 Å². The number of hydrogen-bond acceptors (Lipinski definition) is 2. The Morgan fingerprint density at radius 2 is 1.57 bits per heavy atom. The van der Waals surface area contributed by atoms with Gasteiger partial charge in [-0.1, -0.05) is 29.8 Å². The zero-order valence-electron chi connectivity index (χ0n) is 14.1. The summed E-state index contributed by atoms with van der Waals surface area (Å²) >= 11 is 0.